The second-order valence-corrected chi connectivity index (χ2v) is 26.2. The summed E-state index contributed by atoms with van der Waals surface area (Å²) in [5.41, 5.74) is 13.8. The molecule has 4 atom stereocenters. The van der Waals surface area contributed by atoms with Gasteiger partial charge < -0.3 is 35.7 Å². The summed E-state index contributed by atoms with van der Waals surface area (Å²) in [6, 6.07) is 97.8. The molecule has 0 spiro atoms. The molecule has 0 aliphatic heterocycles. The number of phenolic OH excluding ortho intramolecular Hbond substituents is 7. The molecule has 12 nitrogen and oxygen atoms in total. The summed E-state index contributed by atoms with van der Waals surface area (Å²) >= 11 is 9.44. The zero-order valence-corrected chi connectivity index (χ0v) is 60.1. The lowest BCUT2D eigenvalue weighted by atomic mass is 9.86. The van der Waals surface area contributed by atoms with Gasteiger partial charge in [0.15, 0.2) is 0 Å². The molecule has 0 radical (unpaired) electrons. The third-order valence-corrected chi connectivity index (χ3v) is 18.2. The summed E-state index contributed by atoms with van der Waals surface area (Å²) in [7, 11) is 0. The van der Waals surface area contributed by atoms with Crippen LogP contribution in [0.2, 0.25) is 5.02 Å². The zero-order chi connectivity index (χ0) is 75.8. The van der Waals surface area contributed by atoms with Crippen molar-refractivity contribution in [2.75, 3.05) is 0 Å². The topological polar surface area (TPSA) is 206 Å². The molecule has 0 aliphatic carbocycles. The first-order valence-electron chi connectivity index (χ1n) is 34.2. The normalized spacial score (nSPS) is 11.9. The third-order valence-electron chi connectivity index (χ3n) is 17.5. The van der Waals surface area contributed by atoms with Crippen LogP contribution in [-0.4, -0.2) is 60.7 Å². The van der Waals surface area contributed by atoms with Crippen LogP contribution in [0.4, 0.5) is 13.2 Å². The van der Waals surface area contributed by atoms with Gasteiger partial charge >= 0.3 is 6.18 Å². The highest BCUT2D eigenvalue weighted by Gasteiger charge is 2.31. The highest BCUT2D eigenvalue weighted by Crippen LogP contribution is 2.40. The van der Waals surface area contributed by atoms with Gasteiger partial charge in [-0.2, -0.15) is 13.2 Å². The lowest BCUT2D eigenvalue weighted by molar-refractivity contribution is -0.137. The van der Waals surface area contributed by atoms with E-state index in [2.05, 4.69) is 53.0 Å². The van der Waals surface area contributed by atoms with Crippen molar-refractivity contribution in [3.63, 3.8) is 0 Å². The second-order valence-electron chi connectivity index (χ2n) is 24.8. The van der Waals surface area contributed by atoms with E-state index in [0.717, 1.165) is 89.5 Å². The second kappa shape index (κ2) is 37.2. The fourth-order valence-electron chi connectivity index (χ4n) is 12.4. The van der Waals surface area contributed by atoms with Crippen LogP contribution in [0.15, 0.2) is 369 Å². The van der Waals surface area contributed by atoms with Crippen molar-refractivity contribution in [1.29, 1.82) is 0 Å². The van der Waals surface area contributed by atoms with E-state index >= 15 is 0 Å². The number of aromatic nitrogens is 5. The first-order chi connectivity index (χ1) is 52.4. The Morgan fingerprint density at radius 3 is 0.870 bits per heavy atom. The number of hydrogen-bond acceptors (Lipinski definition) is 12. The molecular formula is C91H72BrClF3N5O7. The number of hydrogen-bond donors (Lipinski definition) is 7. The van der Waals surface area contributed by atoms with Gasteiger partial charge in [-0.3, -0.25) is 24.9 Å². The highest BCUT2D eigenvalue weighted by atomic mass is 79.9. The Kier molecular flexibility index (Phi) is 26.3. The molecule has 0 fully saturated rings. The zero-order valence-electron chi connectivity index (χ0n) is 57.8. The minimum absolute atomic E-state index is 0.0177. The van der Waals surface area contributed by atoms with Crippen LogP contribution in [0.25, 0.3) is 0 Å². The number of phenols is 7. The summed E-state index contributed by atoms with van der Waals surface area (Å²) < 4.78 is 39.2. The van der Waals surface area contributed by atoms with Crippen LogP contribution < -0.4 is 0 Å². The van der Waals surface area contributed by atoms with Gasteiger partial charge in [-0.25, -0.2) is 0 Å². The predicted molar refractivity (Wildman–Crippen MR) is 420 cm³/mol. The summed E-state index contributed by atoms with van der Waals surface area (Å²) in [6.45, 7) is 0. The van der Waals surface area contributed by atoms with E-state index in [1.165, 1.54) is 17.7 Å². The maximum atomic E-state index is 12.8. The van der Waals surface area contributed by atoms with E-state index in [9.17, 15) is 48.9 Å². The third kappa shape index (κ3) is 21.0. The van der Waals surface area contributed by atoms with E-state index in [0.29, 0.717) is 10.6 Å². The number of alkyl halides is 3. The Labute approximate surface area is 637 Å². The fourth-order valence-corrected chi connectivity index (χ4v) is 12.9. The van der Waals surface area contributed by atoms with Crippen LogP contribution >= 0.6 is 27.5 Å². The molecule has 0 bridgehead atoms. The van der Waals surface area contributed by atoms with E-state index in [4.69, 9.17) is 11.6 Å². The molecule has 538 valence electrons. The van der Waals surface area contributed by atoms with E-state index < -0.39 is 11.7 Å². The van der Waals surface area contributed by atoms with Gasteiger partial charge in [-0.15, -0.1) is 0 Å². The minimum Gasteiger partial charge on any atom is -0.508 e. The molecule has 15 aromatic rings. The van der Waals surface area contributed by atoms with Crippen LogP contribution in [0.5, 0.6) is 40.2 Å². The van der Waals surface area contributed by atoms with Gasteiger partial charge in [0.25, 0.3) is 0 Å². The van der Waals surface area contributed by atoms with Crippen LogP contribution in [0, 0.1) is 0 Å². The number of pyridine rings is 5. The standard InChI is InChI=1S/C19H14F3NO.C18H14BrNO2.C18H14ClNO.C18H15NO2.C18H15NO/c20-19(21,22)15-8-4-13(5-9-15)18(17-3-1-2-12-23-17)14-6-10-16(24)11-7-14;19-15-9-14(10-20-11-15)18(12-1-5-16(21)6-2-12)13-3-7-17(22)8-4-13;19-15-8-4-13(5-9-15)18(17-3-1-2-12-20-17)14-6-10-16(21)11-7-14;20-14-10-8-13(9-11-14)18(16-6-3-4-12-19-16)15-5-1-2-7-17(15)21;20-16-11-9-15(10-12-16)18(14-6-2-1-3-7-14)17-8-4-5-13-19-17/h1-12,18,24H;1-11,18,21-22H;1-12,18,21H;1-12,18,20-21H;1-13,18,20H. The summed E-state index contributed by atoms with van der Waals surface area (Å²) in [6.07, 6.45) is 6.20. The van der Waals surface area contributed by atoms with Crippen molar-refractivity contribution in [2.24, 2.45) is 0 Å². The molecular weight excluding hydrogens is 1450 g/mol. The van der Waals surface area contributed by atoms with Crippen molar-refractivity contribution < 1.29 is 48.9 Å². The average molecular weight is 1520 g/mol. The first-order valence-corrected chi connectivity index (χ1v) is 35.3. The van der Waals surface area contributed by atoms with E-state index in [1.54, 1.807) is 128 Å². The highest BCUT2D eigenvalue weighted by molar-refractivity contribution is 9.10. The Bertz CT molecular complexity index is 5080. The van der Waals surface area contributed by atoms with Crippen LogP contribution in [0.1, 0.15) is 119 Å². The SMILES string of the molecule is Oc1ccc(C(c2ccc(C(F)(F)F)cc2)c2ccccn2)cc1.Oc1ccc(C(c2ccc(Cl)cc2)c2ccccn2)cc1.Oc1ccc(C(c2ccc(O)cc2)c2cncc(Br)c2)cc1.Oc1ccc(C(c2ccccc2)c2ccccn2)cc1.Oc1ccc(C(c2ccccn2)c2ccccc2O)cc1. The molecule has 108 heavy (non-hydrogen) atoms. The smallest absolute Gasteiger partial charge is 0.416 e. The minimum atomic E-state index is -4.36. The average Bonchev–Trinajstić information content (AvgIpc) is 0.817. The Balaban J connectivity index is 0.000000134. The molecule has 15 rings (SSSR count). The van der Waals surface area contributed by atoms with Crippen molar-refractivity contribution in [1.82, 2.24) is 24.9 Å². The van der Waals surface area contributed by atoms with Crippen molar-refractivity contribution in [3.05, 3.63) is 464 Å². The predicted octanol–water partition coefficient (Wildman–Crippen LogP) is 21.7. The molecule has 17 heteroatoms. The molecule has 5 heterocycles. The van der Waals surface area contributed by atoms with Gasteiger partial charge in [0.1, 0.15) is 40.2 Å². The maximum Gasteiger partial charge on any atom is 0.416 e. The molecule has 10 aromatic carbocycles. The molecule has 0 saturated heterocycles. The van der Waals surface area contributed by atoms with Gasteiger partial charge in [-0.05, 0) is 229 Å². The van der Waals surface area contributed by atoms with Gasteiger partial charge in [-0.1, -0.05) is 181 Å². The van der Waals surface area contributed by atoms with Crippen molar-refractivity contribution in [2.45, 2.75) is 35.8 Å². The Morgan fingerprint density at radius 2 is 0.556 bits per heavy atom. The van der Waals surface area contributed by atoms with Gasteiger partial charge in [0.05, 0.1) is 52.0 Å². The number of benzene rings is 10. The number of nitrogens with zero attached hydrogens (tertiary/aromatic N) is 5. The summed E-state index contributed by atoms with van der Waals surface area (Å²) in [5, 5.41) is 67.8. The first kappa shape index (κ1) is 76.2. The lowest BCUT2D eigenvalue weighted by Gasteiger charge is -2.19. The van der Waals surface area contributed by atoms with Gasteiger partial charge in [0.2, 0.25) is 0 Å². The molecule has 0 amide bonds. The number of para-hydroxylation sites is 1. The van der Waals surface area contributed by atoms with Crippen molar-refractivity contribution in [3.8, 4) is 40.2 Å². The molecule has 0 saturated carbocycles. The van der Waals surface area contributed by atoms with Crippen LogP contribution in [-0.2, 0) is 6.18 Å². The Morgan fingerprint density at radius 1 is 0.278 bits per heavy atom. The largest absolute Gasteiger partial charge is 0.508 e. The monoisotopic (exact) mass is 1520 g/mol. The quantitative estimate of drug-likeness (QED) is 0.0512. The maximum absolute atomic E-state index is 12.8. The van der Waals surface area contributed by atoms with E-state index in [-0.39, 0.29) is 69.8 Å². The van der Waals surface area contributed by atoms with E-state index in [1.807, 2.05) is 200 Å². The number of rotatable bonds is 15. The fraction of sp³-hybridized carbons (Fsp3) is 0.0659. The number of aromatic hydroxyl groups is 7. The lowest BCUT2D eigenvalue weighted by Crippen LogP contribution is -2.08. The number of halogens is 5. The molecule has 4 unspecified atom stereocenters. The summed E-state index contributed by atoms with van der Waals surface area (Å²) in [4.78, 5) is 22.0. The van der Waals surface area contributed by atoms with Crippen LogP contribution in [0.3, 0.4) is 0 Å². The summed E-state index contributed by atoms with van der Waals surface area (Å²) in [5.74, 6) is 1.19. The molecule has 5 aromatic heterocycles. The van der Waals surface area contributed by atoms with Gasteiger partial charge in [0, 0.05) is 58.2 Å². The van der Waals surface area contributed by atoms with Crippen molar-refractivity contribution >= 4 is 27.5 Å². The Hall–Kier alpha value is -12.9. The molecule has 0 aliphatic rings. The molecule has 7 N–H and O–H groups in total.